The van der Waals surface area contributed by atoms with Crippen molar-refractivity contribution in [1.29, 1.82) is 0 Å². The molecule has 14 heavy (non-hydrogen) atoms. The van der Waals surface area contributed by atoms with E-state index < -0.39 is 0 Å². The fourth-order valence-corrected chi connectivity index (χ4v) is 2.10. The fraction of sp³-hybridized carbons (Fsp3) is 0.727. The molecule has 1 fully saturated rings. The standard InChI is InChI=1S/C11H18N2O/c12-7-3-6-11-13-10(8-14-11)9-4-1-2-5-9/h8-9H,1-7,12H2. The molecule has 1 aliphatic rings. The zero-order chi connectivity index (χ0) is 9.80. The molecule has 0 atom stereocenters. The minimum atomic E-state index is 0.658. The first-order valence-electron chi connectivity index (χ1n) is 5.54. The van der Waals surface area contributed by atoms with Gasteiger partial charge in [0, 0.05) is 12.3 Å². The molecule has 1 saturated carbocycles. The van der Waals surface area contributed by atoms with Crippen molar-refractivity contribution in [3.8, 4) is 0 Å². The van der Waals surface area contributed by atoms with Crippen molar-refractivity contribution in [3.63, 3.8) is 0 Å². The Hall–Kier alpha value is -0.830. The van der Waals surface area contributed by atoms with Crippen LogP contribution in [0.1, 0.15) is 49.6 Å². The van der Waals surface area contributed by atoms with Crippen LogP contribution in [0.3, 0.4) is 0 Å². The van der Waals surface area contributed by atoms with E-state index in [1.807, 2.05) is 6.26 Å². The third-order valence-corrected chi connectivity index (χ3v) is 2.94. The Labute approximate surface area is 84.7 Å². The Bertz CT molecular complexity index is 277. The highest BCUT2D eigenvalue weighted by atomic mass is 16.3. The second kappa shape index (κ2) is 4.60. The first kappa shape index (κ1) is 9.71. The van der Waals surface area contributed by atoms with Crippen LogP contribution in [0.15, 0.2) is 10.7 Å². The van der Waals surface area contributed by atoms with Gasteiger partial charge in [0.2, 0.25) is 0 Å². The third kappa shape index (κ3) is 2.15. The van der Waals surface area contributed by atoms with Crippen LogP contribution in [-0.4, -0.2) is 11.5 Å². The number of aromatic nitrogens is 1. The SMILES string of the molecule is NCCCc1nc(C2CCCC2)co1. The van der Waals surface area contributed by atoms with E-state index in [1.54, 1.807) is 0 Å². The van der Waals surface area contributed by atoms with Crippen molar-refractivity contribution in [1.82, 2.24) is 4.98 Å². The molecule has 0 spiro atoms. The zero-order valence-electron chi connectivity index (χ0n) is 8.54. The van der Waals surface area contributed by atoms with Gasteiger partial charge in [-0.25, -0.2) is 4.98 Å². The molecule has 3 nitrogen and oxygen atoms in total. The number of oxazole rings is 1. The number of nitrogens with zero attached hydrogens (tertiary/aromatic N) is 1. The monoisotopic (exact) mass is 194 g/mol. The van der Waals surface area contributed by atoms with Crippen LogP contribution in [0.25, 0.3) is 0 Å². The maximum absolute atomic E-state index is 5.44. The molecule has 0 saturated heterocycles. The van der Waals surface area contributed by atoms with E-state index in [0.717, 1.165) is 24.4 Å². The van der Waals surface area contributed by atoms with E-state index in [-0.39, 0.29) is 0 Å². The quantitative estimate of drug-likeness (QED) is 0.799. The predicted molar refractivity (Wildman–Crippen MR) is 55.1 cm³/mol. The van der Waals surface area contributed by atoms with Crippen LogP contribution in [0, 0.1) is 0 Å². The van der Waals surface area contributed by atoms with E-state index in [4.69, 9.17) is 10.2 Å². The van der Waals surface area contributed by atoms with Gasteiger partial charge in [-0.15, -0.1) is 0 Å². The Morgan fingerprint density at radius 2 is 2.21 bits per heavy atom. The van der Waals surface area contributed by atoms with Gasteiger partial charge in [-0.3, -0.25) is 0 Å². The number of hydrogen-bond acceptors (Lipinski definition) is 3. The molecule has 0 amide bonds. The van der Waals surface area contributed by atoms with Crippen LogP contribution < -0.4 is 5.73 Å². The highest BCUT2D eigenvalue weighted by Gasteiger charge is 2.20. The highest BCUT2D eigenvalue weighted by molar-refractivity contribution is 5.06. The molecule has 2 N–H and O–H groups in total. The molecule has 78 valence electrons. The van der Waals surface area contributed by atoms with Gasteiger partial charge >= 0.3 is 0 Å². The first-order valence-corrected chi connectivity index (χ1v) is 5.54. The van der Waals surface area contributed by atoms with Gasteiger partial charge in [-0.2, -0.15) is 0 Å². The lowest BCUT2D eigenvalue weighted by Gasteiger charge is -2.01. The summed E-state index contributed by atoms with van der Waals surface area (Å²) in [7, 11) is 0. The minimum Gasteiger partial charge on any atom is -0.449 e. The van der Waals surface area contributed by atoms with Gasteiger partial charge in [0.25, 0.3) is 0 Å². The van der Waals surface area contributed by atoms with Crippen molar-refractivity contribution in [2.45, 2.75) is 44.4 Å². The number of hydrogen-bond donors (Lipinski definition) is 1. The van der Waals surface area contributed by atoms with Gasteiger partial charge in [-0.05, 0) is 25.8 Å². The van der Waals surface area contributed by atoms with Crippen molar-refractivity contribution in [2.24, 2.45) is 5.73 Å². The summed E-state index contributed by atoms with van der Waals surface area (Å²) >= 11 is 0. The summed E-state index contributed by atoms with van der Waals surface area (Å²) in [6, 6.07) is 0. The summed E-state index contributed by atoms with van der Waals surface area (Å²) in [5, 5.41) is 0. The topological polar surface area (TPSA) is 52.0 Å². The fourth-order valence-electron chi connectivity index (χ4n) is 2.10. The molecule has 0 aromatic carbocycles. The normalized spacial score (nSPS) is 17.8. The first-order chi connectivity index (χ1) is 6.90. The average molecular weight is 194 g/mol. The maximum atomic E-state index is 5.44. The molecule has 0 unspecified atom stereocenters. The predicted octanol–water partition coefficient (Wildman–Crippen LogP) is 2.22. The number of aryl methyl sites for hydroxylation is 1. The number of nitrogens with two attached hydrogens (primary N) is 1. The summed E-state index contributed by atoms with van der Waals surface area (Å²) in [5.41, 5.74) is 6.60. The molecule has 0 radical (unpaired) electrons. The summed E-state index contributed by atoms with van der Waals surface area (Å²) in [6.07, 6.45) is 8.92. The van der Waals surface area contributed by atoms with Gasteiger partial charge in [0.05, 0.1) is 5.69 Å². The summed E-state index contributed by atoms with van der Waals surface area (Å²) in [6.45, 7) is 0.709. The smallest absolute Gasteiger partial charge is 0.194 e. The minimum absolute atomic E-state index is 0.658. The Kier molecular flexibility index (Phi) is 3.19. The van der Waals surface area contributed by atoms with E-state index in [1.165, 1.54) is 25.7 Å². The van der Waals surface area contributed by atoms with Crippen molar-refractivity contribution in [2.75, 3.05) is 6.54 Å². The molecule has 1 aromatic rings. The Balaban J connectivity index is 1.94. The van der Waals surface area contributed by atoms with Crippen LogP contribution in [0.2, 0.25) is 0 Å². The number of rotatable bonds is 4. The highest BCUT2D eigenvalue weighted by Crippen LogP contribution is 2.33. The maximum Gasteiger partial charge on any atom is 0.194 e. The lowest BCUT2D eigenvalue weighted by Crippen LogP contribution is -2.00. The summed E-state index contributed by atoms with van der Waals surface area (Å²) in [4.78, 5) is 4.51. The van der Waals surface area contributed by atoms with E-state index in [0.29, 0.717) is 12.5 Å². The molecule has 3 heteroatoms. The largest absolute Gasteiger partial charge is 0.449 e. The van der Waals surface area contributed by atoms with Crippen LogP contribution in [-0.2, 0) is 6.42 Å². The summed E-state index contributed by atoms with van der Waals surface area (Å²) in [5.74, 6) is 1.52. The van der Waals surface area contributed by atoms with Gasteiger partial charge in [0.1, 0.15) is 6.26 Å². The second-order valence-corrected chi connectivity index (χ2v) is 4.04. The van der Waals surface area contributed by atoms with Crippen molar-refractivity contribution >= 4 is 0 Å². The molecule has 1 heterocycles. The molecular weight excluding hydrogens is 176 g/mol. The Morgan fingerprint density at radius 1 is 1.43 bits per heavy atom. The summed E-state index contributed by atoms with van der Waals surface area (Å²) < 4.78 is 5.41. The molecule has 0 aliphatic heterocycles. The van der Waals surface area contributed by atoms with E-state index >= 15 is 0 Å². The lowest BCUT2D eigenvalue weighted by molar-refractivity contribution is 0.487. The van der Waals surface area contributed by atoms with Crippen LogP contribution in [0.4, 0.5) is 0 Å². The van der Waals surface area contributed by atoms with Gasteiger partial charge in [-0.1, -0.05) is 12.8 Å². The average Bonchev–Trinajstić information content (AvgIpc) is 2.85. The van der Waals surface area contributed by atoms with Gasteiger partial charge < -0.3 is 10.2 Å². The van der Waals surface area contributed by atoms with Crippen LogP contribution >= 0.6 is 0 Å². The molecule has 1 aliphatic carbocycles. The Morgan fingerprint density at radius 3 is 2.93 bits per heavy atom. The molecule has 1 aromatic heterocycles. The van der Waals surface area contributed by atoms with E-state index in [9.17, 15) is 0 Å². The van der Waals surface area contributed by atoms with Crippen molar-refractivity contribution in [3.05, 3.63) is 17.8 Å². The molecular formula is C11H18N2O. The van der Waals surface area contributed by atoms with Gasteiger partial charge in [0.15, 0.2) is 5.89 Å². The van der Waals surface area contributed by atoms with Crippen LogP contribution in [0.5, 0.6) is 0 Å². The van der Waals surface area contributed by atoms with E-state index in [2.05, 4.69) is 4.98 Å². The third-order valence-electron chi connectivity index (χ3n) is 2.94. The van der Waals surface area contributed by atoms with Crippen molar-refractivity contribution < 1.29 is 4.42 Å². The second-order valence-electron chi connectivity index (χ2n) is 4.04. The molecule has 0 bridgehead atoms. The zero-order valence-corrected chi connectivity index (χ0v) is 8.54. The molecule has 2 rings (SSSR count). The lowest BCUT2D eigenvalue weighted by atomic mass is 10.1.